The van der Waals surface area contributed by atoms with E-state index in [0.29, 0.717) is 48.6 Å². The van der Waals surface area contributed by atoms with E-state index in [4.69, 9.17) is 40.8 Å². The fourth-order valence-corrected chi connectivity index (χ4v) is 6.65. The Labute approximate surface area is 241 Å². The van der Waals surface area contributed by atoms with Gasteiger partial charge in [0.15, 0.2) is 5.96 Å². The molecule has 1 aliphatic heterocycles. The molecule has 220 valence electrons. The third kappa shape index (κ3) is 7.79. The highest BCUT2D eigenvalue weighted by atomic mass is 31.2. The maximum absolute atomic E-state index is 14.3. The van der Waals surface area contributed by atoms with Gasteiger partial charge in [0.1, 0.15) is 23.4 Å². The number of likely N-dealkylation sites (tertiary alicyclic amines) is 1. The third-order valence-corrected chi connectivity index (χ3v) is 8.92. The van der Waals surface area contributed by atoms with Crippen LogP contribution in [-0.4, -0.2) is 49.1 Å². The first-order chi connectivity index (χ1) is 19.7. The van der Waals surface area contributed by atoms with E-state index in [1.807, 2.05) is 73.3 Å². The maximum atomic E-state index is 14.3. The van der Waals surface area contributed by atoms with E-state index in [1.165, 1.54) is 0 Å². The Morgan fingerprint density at radius 1 is 0.902 bits per heavy atom. The van der Waals surface area contributed by atoms with Crippen molar-refractivity contribution < 1.29 is 23.1 Å². The first kappa shape index (κ1) is 30.4. The summed E-state index contributed by atoms with van der Waals surface area (Å²) >= 11 is 0. The molecular formula is C30H40N5O5P. The van der Waals surface area contributed by atoms with E-state index < -0.39 is 13.4 Å². The van der Waals surface area contributed by atoms with Crippen molar-refractivity contribution in [3.05, 3.63) is 71.8 Å². The maximum Gasteiger partial charge on any atom is 0.375 e. The standard InChI is InChI=1S/C30H40N5O5P/c1-3-17-37-41(36,38-18-4-2)29(40-27-12-7-21-5-6-23(28(31)32)19-24(21)20-27)22-8-10-25(11-9-22)39-26-13-15-35(16-14-26)30(33)34/h5-12,19-20,26,29H,3-4,13-18H2,1-2H3,(H3,31,32)(H3,33,34). The molecule has 1 saturated heterocycles. The van der Waals surface area contributed by atoms with Gasteiger partial charge in [0.05, 0.1) is 13.2 Å². The number of benzene rings is 3. The Balaban J connectivity index is 1.61. The van der Waals surface area contributed by atoms with Gasteiger partial charge in [-0.3, -0.25) is 15.4 Å². The average molecular weight is 582 g/mol. The predicted octanol–water partition coefficient (Wildman–Crippen LogP) is 5.98. The third-order valence-electron chi connectivity index (χ3n) is 6.86. The van der Waals surface area contributed by atoms with Crippen LogP contribution >= 0.6 is 7.60 Å². The summed E-state index contributed by atoms with van der Waals surface area (Å²) in [6.07, 6.45) is 2.90. The number of guanidine groups is 1. The topological polar surface area (TPSA) is 157 Å². The smallest absolute Gasteiger partial charge is 0.375 e. The lowest BCUT2D eigenvalue weighted by Crippen LogP contribution is -2.44. The molecular weight excluding hydrogens is 541 g/mol. The number of fused-ring (bicyclic) bond motifs is 1. The van der Waals surface area contributed by atoms with Crippen molar-refractivity contribution in [3.8, 4) is 11.5 Å². The van der Waals surface area contributed by atoms with E-state index in [2.05, 4.69) is 0 Å². The second-order valence-electron chi connectivity index (χ2n) is 10.1. The van der Waals surface area contributed by atoms with Crippen LogP contribution in [0.4, 0.5) is 0 Å². The molecule has 3 aromatic carbocycles. The normalized spacial score (nSPS) is 15.0. The number of piperidine rings is 1. The first-order valence-electron chi connectivity index (χ1n) is 14.0. The highest BCUT2D eigenvalue weighted by molar-refractivity contribution is 7.54. The predicted molar refractivity (Wildman–Crippen MR) is 162 cm³/mol. The quantitative estimate of drug-likeness (QED) is 0.109. The van der Waals surface area contributed by atoms with Gasteiger partial charge in [-0.1, -0.05) is 44.2 Å². The molecule has 1 unspecified atom stereocenters. The van der Waals surface area contributed by atoms with E-state index in [1.54, 1.807) is 6.07 Å². The van der Waals surface area contributed by atoms with Crippen molar-refractivity contribution in [2.24, 2.45) is 11.5 Å². The number of nitrogens with two attached hydrogens (primary N) is 2. The lowest BCUT2D eigenvalue weighted by atomic mass is 10.1. The summed E-state index contributed by atoms with van der Waals surface area (Å²) in [6, 6.07) is 18.4. The molecule has 0 amide bonds. The Morgan fingerprint density at radius 2 is 1.51 bits per heavy atom. The zero-order valence-corrected chi connectivity index (χ0v) is 24.6. The van der Waals surface area contributed by atoms with Crippen LogP contribution in [0.1, 0.15) is 56.5 Å². The second kappa shape index (κ2) is 13.9. The summed E-state index contributed by atoms with van der Waals surface area (Å²) in [7, 11) is -3.76. The number of rotatable bonds is 13. The van der Waals surface area contributed by atoms with Crippen molar-refractivity contribution in [1.29, 1.82) is 10.8 Å². The van der Waals surface area contributed by atoms with Gasteiger partial charge >= 0.3 is 7.60 Å². The zero-order chi connectivity index (χ0) is 29.4. The first-order valence-corrected chi connectivity index (χ1v) is 15.6. The summed E-state index contributed by atoms with van der Waals surface area (Å²) in [4.78, 5) is 1.84. The number of hydrogen-bond donors (Lipinski definition) is 4. The number of hydrogen-bond acceptors (Lipinski definition) is 7. The van der Waals surface area contributed by atoms with E-state index in [-0.39, 0.29) is 31.1 Å². The molecule has 0 spiro atoms. The fourth-order valence-electron chi connectivity index (χ4n) is 4.64. The summed E-state index contributed by atoms with van der Waals surface area (Å²) in [5, 5.41) is 17.2. The Hall–Kier alpha value is -3.59. The zero-order valence-electron chi connectivity index (χ0n) is 23.7. The van der Waals surface area contributed by atoms with Crippen LogP contribution in [0.5, 0.6) is 11.5 Å². The lowest BCUT2D eigenvalue weighted by Gasteiger charge is -2.32. The molecule has 0 radical (unpaired) electrons. The van der Waals surface area contributed by atoms with Crippen LogP contribution < -0.4 is 20.9 Å². The number of amidine groups is 1. The molecule has 0 saturated carbocycles. The molecule has 0 aromatic heterocycles. The molecule has 1 heterocycles. The van der Waals surface area contributed by atoms with Crippen molar-refractivity contribution in [2.45, 2.75) is 51.5 Å². The van der Waals surface area contributed by atoms with Gasteiger partial charge in [0, 0.05) is 37.1 Å². The highest BCUT2D eigenvalue weighted by Gasteiger charge is 2.39. The minimum absolute atomic E-state index is 0.0201. The van der Waals surface area contributed by atoms with Crippen LogP contribution in [0.25, 0.3) is 10.8 Å². The largest absolute Gasteiger partial charge is 0.490 e. The molecule has 41 heavy (non-hydrogen) atoms. The Kier molecular flexibility index (Phi) is 10.3. The van der Waals surface area contributed by atoms with Gasteiger partial charge in [-0.15, -0.1) is 0 Å². The van der Waals surface area contributed by atoms with Crippen LogP contribution in [-0.2, 0) is 13.6 Å². The number of ether oxygens (including phenoxy) is 2. The number of nitrogens with zero attached hydrogens (tertiary/aromatic N) is 1. The van der Waals surface area contributed by atoms with E-state index in [9.17, 15) is 4.57 Å². The van der Waals surface area contributed by atoms with Gasteiger partial charge in [0.25, 0.3) is 0 Å². The molecule has 10 nitrogen and oxygen atoms in total. The van der Waals surface area contributed by atoms with E-state index >= 15 is 0 Å². The second-order valence-corrected chi connectivity index (χ2v) is 12.1. The molecule has 6 N–H and O–H groups in total. The van der Waals surface area contributed by atoms with Gasteiger partial charge < -0.3 is 34.9 Å². The monoisotopic (exact) mass is 581 g/mol. The molecule has 1 atom stereocenters. The molecule has 1 fully saturated rings. The van der Waals surface area contributed by atoms with E-state index in [0.717, 1.165) is 23.6 Å². The fraction of sp³-hybridized carbons (Fsp3) is 0.400. The number of nitrogens with one attached hydrogen (secondary N) is 2. The van der Waals surface area contributed by atoms with Crippen LogP contribution in [0, 0.1) is 10.8 Å². The van der Waals surface area contributed by atoms with Gasteiger partial charge in [-0.05, 0) is 53.9 Å². The van der Waals surface area contributed by atoms with Crippen molar-refractivity contribution in [1.82, 2.24) is 4.90 Å². The summed E-state index contributed by atoms with van der Waals surface area (Å²) in [5.74, 6) is 0.232. The van der Waals surface area contributed by atoms with Crippen molar-refractivity contribution in [3.63, 3.8) is 0 Å². The van der Waals surface area contributed by atoms with Gasteiger partial charge in [-0.25, -0.2) is 0 Å². The summed E-state index contributed by atoms with van der Waals surface area (Å²) in [6.45, 7) is 5.79. The molecule has 4 rings (SSSR count). The molecule has 11 heteroatoms. The molecule has 0 aliphatic carbocycles. The Morgan fingerprint density at radius 3 is 2.10 bits per heavy atom. The van der Waals surface area contributed by atoms with Gasteiger partial charge in [-0.2, -0.15) is 0 Å². The highest BCUT2D eigenvalue weighted by Crippen LogP contribution is 2.61. The lowest BCUT2D eigenvalue weighted by molar-refractivity contribution is 0.130. The van der Waals surface area contributed by atoms with Crippen LogP contribution in [0.2, 0.25) is 0 Å². The van der Waals surface area contributed by atoms with Crippen molar-refractivity contribution >= 4 is 30.2 Å². The Bertz CT molecular complexity index is 1380. The van der Waals surface area contributed by atoms with Crippen LogP contribution in [0.3, 0.4) is 0 Å². The SMILES string of the molecule is CCCOP(=O)(OCCC)C(Oc1ccc2ccc(C(=N)N)cc2c1)c1ccc(OC2CCN(C(=N)N)CC2)cc1. The minimum Gasteiger partial charge on any atom is -0.490 e. The molecule has 3 aromatic rings. The summed E-state index contributed by atoms with van der Waals surface area (Å²) < 4.78 is 38.6. The van der Waals surface area contributed by atoms with Crippen molar-refractivity contribution in [2.75, 3.05) is 26.3 Å². The molecule has 0 bridgehead atoms. The van der Waals surface area contributed by atoms with Crippen LogP contribution in [0.15, 0.2) is 60.7 Å². The average Bonchev–Trinajstić information content (AvgIpc) is 2.98. The van der Waals surface area contributed by atoms with Gasteiger partial charge in [0.2, 0.25) is 5.85 Å². The molecule has 1 aliphatic rings. The minimum atomic E-state index is -3.76. The number of nitrogen functional groups attached to an aromatic ring is 1. The summed E-state index contributed by atoms with van der Waals surface area (Å²) in [5.41, 5.74) is 12.5.